The summed E-state index contributed by atoms with van der Waals surface area (Å²) in [5.41, 5.74) is 1.26. The summed E-state index contributed by atoms with van der Waals surface area (Å²) in [5, 5.41) is 14.7. The second-order valence-corrected chi connectivity index (χ2v) is 5.58. The summed E-state index contributed by atoms with van der Waals surface area (Å²) in [7, 11) is 1.56. The van der Waals surface area contributed by atoms with Crippen LogP contribution in [0.3, 0.4) is 0 Å². The summed E-state index contributed by atoms with van der Waals surface area (Å²) in [6, 6.07) is 10.1. The van der Waals surface area contributed by atoms with E-state index < -0.39 is 4.92 Å². The van der Waals surface area contributed by atoms with Crippen LogP contribution in [0, 0.1) is 10.1 Å². The predicted molar refractivity (Wildman–Crippen MR) is 86.1 cm³/mol. The highest BCUT2D eigenvalue weighted by atomic mass is 79.9. The molecule has 2 rings (SSSR count). The number of benzene rings is 2. The number of nitro benzene ring substituents is 1. The highest BCUT2D eigenvalue weighted by Gasteiger charge is 2.14. The summed E-state index contributed by atoms with van der Waals surface area (Å²) in [4.78, 5) is 10.6. The fourth-order valence-electron chi connectivity index (χ4n) is 1.88. The minimum Gasteiger partial charge on any atom is -0.496 e. The minimum absolute atomic E-state index is 0.00497. The number of methoxy groups -OCH3 is 1. The average Bonchev–Trinajstić information content (AvgIpc) is 2.46. The summed E-state index contributed by atoms with van der Waals surface area (Å²) in [6.45, 7) is 0.367. The number of anilines is 1. The molecule has 110 valence electrons. The van der Waals surface area contributed by atoms with E-state index in [2.05, 4.69) is 21.2 Å². The van der Waals surface area contributed by atoms with E-state index in [-0.39, 0.29) is 5.69 Å². The predicted octanol–water partition coefficient (Wildman–Crippen LogP) is 4.63. The second kappa shape index (κ2) is 6.78. The Bertz CT molecular complexity index is 679. The van der Waals surface area contributed by atoms with Crippen molar-refractivity contribution in [1.29, 1.82) is 0 Å². The first kappa shape index (κ1) is 15.6. The Balaban J connectivity index is 2.24. The van der Waals surface area contributed by atoms with Crippen LogP contribution in [0.15, 0.2) is 40.9 Å². The van der Waals surface area contributed by atoms with Gasteiger partial charge in [0, 0.05) is 27.7 Å². The van der Waals surface area contributed by atoms with E-state index in [0.29, 0.717) is 27.5 Å². The number of nitrogens with one attached hydrogen (secondary N) is 1. The lowest BCUT2D eigenvalue weighted by atomic mass is 10.2. The van der Waals surface area contributed by atoms with E-state index in [0.717, 1.165) is 5.56 Å². The fraction of sp³-hybridized carbons (Fsp3) is 0.143. The van der Waals surface area contributed by atoms with Crippen LogP contribution in [0.5, 0.6) is 5.75 Å². The van der Waals surface area contributed by atoms with E-state index in [9.17, 15) is 10.1 Å². The van der Waals surface area contributed by atoms with Gasteiger partial charge in [-0.3, -0.25) is 10.1 Å². The van der Waals surface area contributed by atoms with Gasteiger partial charge in [-0.15, -0.1) is 0 Å². The van der Waals surface area contributed by atoms with Gasteiger partial charge in [0.1, 0.15) is 11.4 Å². The zero-order chi connectivity index (χ0) is 15.4. The van der Waals surface area contributed by atoms with Crippen molar-refractivity contribution in [2.45, 2.75) is 6.54 Å². The Morgan fingerprint density at radius 2 is 2.10 bits per heavy atom. The lowest BCUT2D eigenvalue weighted by Gasteiger charge is -2.11. The molecule has 0 saturated heterocycles. The highest BCUT2D eigenvalue weighted by molar-refractivity contribution is 9.10. The standard InChI is InChI=1S/C14H12BrClN2O3/c1-21-14-5-3-11(16)6-9(14)8-17-12-4-2-10(15)7-13(12)18(19)20/h2-7,17H,8H2,1H3. The molecule has 0 unspecified atom stereocenters. The molecular weight excluding hydrogens is 360 g/mol. The number of nitrogens with zero attached hydrogens (tertiary/aromatic N) is 1. The third kappa shape index (κ3) is 3.86. The minimum atomic E-state index is -0.428. The van der Waals surface area contributed by atoms with Gasteiger partial charge in [-0.1, -0.05) is 27.5 Å². The van der Waals surface area contributed by atoms with Crippen molar-refractivity contribution in [2.75, 3.05) is 12.4 Å². The first-order valence-corrected chi connectivity index (χ1v) is 7.18. The number of rotatable bonds is 5. The maximum absolute atomic E-state index is 11.1. The average molecular weight is 372 g/mol. The maximum atomic E-state index is 11.1. The van der Waals surface area contributed by atoms with E-state index >= 15 is 0 Å². The molecule has 0 heterocycles. The van der Waals surface area contributed by atoms with Gasteiger partial charge in [-0.05, 0) is 30.3 Å². The molecule has 0 atom stereocenters. The van der Waals surface area contributed by atoms with Crippen molar-refractivity contribution in [3.63, 3.8) is 0 Å². The number of ether oxygens (including phenoxy) is 1. The third-order valence-electron chi connectivity index (χ3n) is 2.87. The lowest BCUT2D eigenvalue weighted by Crippen LogP contribution is -2.04. The fourth-order valence-corrected chi connectivity index (χ4v) is 2.42. The Morgan fingerprint density at radius 1 is 1.33 bits per heavy atom. The van der Waals surface area contributed by atoms with Crippen molar-refractivity contribution >= 4 is 38.9 Å². The summed E-state index contributed by atoms with van der Waals surface area (Å²) < 4.78 is 5.90. The van der Waals surface area contributed by atoms with Gasteiger partial charge in [0.2, 0.25) is 0 Å². The molecule has 7 heteroatoms. The zero-order valence-electron chi connectivity index (χ0n) is 11.1. The van der Waals surface area contributed by atoms with Gasteiger partial charge in [-0.2, -0.15) is 0 Å². The molecule has 0 aliphatic rings. The Kier molecular flexibility index (Phi) is 5.03. The highest BCUT2D eigenvalue weighted by Crippen LogP contribution is 2.29. The van der Waals surface area contributed by atoms with Gasteiger partial charge in [0.25, 0.3) is 5.69 Å². The number of hydrogen-bond donors (Lipinski definition) is 1. The first-order chi connectivity index (χ1) is 10.0. The Hall–Kier alpha value is -1.79. The molecule has 0 aromatic heterocycles. The monoisotopic (exact) mass is 370 g/mol. The van der Waals surface area contributed by atoms with E-state index in [4.69, 9.17) is 16.3 Å². The number of halogens is 2. The van der Waals surface area contributed by atoms with Crippen LogP contribution in [-0.2, 0) is 6.54 Å². The van der Waals surface area contributed by atoms with Gasteiger partial charge < -0.3 is 10.1 Å². The van der Waals surface area contributed by atoms with Crippen LogP contribution in [0.25, 0.3) is 0 Å². The molecule has 0 spiro atoms. The second-order valence-electron chi connectivity index (χ2n) is 4.23. The molecule has 0 aliphatic carbocycles. The van der Waals surface area contributed by atoms with Crippen molar-refractivity contribution in [1.82, 2.24) is 0 Å². The van der Waals surface area contributed by atoms with E-state index in [1.165, 1.54) is 6.07 Å². The number of hydrogen-bond acceptors (Lipinski definition) is 4. The molecule has 0 aliphatic heterocycles. The van der Waals surface area contributed by atoms with Gasteiger partial charge in [0.05, 0.1) is 12.0 Å². The molecule has 0 fully saturated rings. The molecular formula is C14H12BrClN2O3. The van der Waals surface area contributed by atoms with Gasteiger partial charge >= 0.3 is 0 Å². The largest absolute Gasteiger partial charge is 0.496 e. The van der Waals surface area contributed by atoms with Crippen molar-refractivity contribution in [3.05, 3.63) is 61.6 Å². The zero-order valence-corrected chi connectivity index (χ0v) is 13.4. The molecule has 1 N–H and O–H groups in total. The molecule has 0 bridgehead atoms. The summed E-state index contributed by atoms with van der Waals surface area (Å²) >= 11 is 9.18. The Labute approximate surface area is 135 Å². The smallest absolute Gasteiger partial charge is 0.293 e. The normalized spacial score (nSPS) is 10.2. The van der Waals surface area contributed by atoms with Crippen molar-refractivity contribution < 1.29 is 9.66 Å². The Morgan fingerprint density at radius 3 is 2.76 bits per heavy atom. The van der Waals surface area contributed by atoms with Gasteiger partial charge in [-0.25, -0.2) is 0 Å². The molecule has 2 aromatic carbocycles. The summed E-state index contributed by atoms with van der Waals surface area (Å²) in [5.74, 6) is 0.673. The van der Waals surface area contributed by atoms with E-state index in [1.807, 2.05) is 0 Å². The topological polar surface area (TPSA) is 64.4 Å². The number of nitro groups is 1. The van der Waals surface area contributed by atoms with E-state index in [1.54, 1.807) is 37.4 Å². The van der Waals surface area contributed by atoms with Crippen LogP contribution < -0.4 is 10.1 Å². The van der Waals surface area contributed by atoms with Crippen LogP contribution in [0.1, 0.15) is 5.56 Å². The van der Waals surface area contributed by atoms with Crippen molar-refractivity contribution in [3.8, 4) is 5.75 Å². The first-order valence-electron chi connectivity index (χ1n) is 6.01. The molecule has 0 radical (unpaired) electrons. The van der Waals surface area contributed by atoms with Gasteiger partial charge in [0.15, 0.2) is 0 Å². The molecule has 0 saturated carbocycles. The molecule has 5 nitrogen and oxygen atoms in total. The SMILES string of the molecule is COc1ccc(Cl)cc1CNc1ccc(Br)cc1[N+](=O)[O-]. The summed E-state index contributed by atoms with van der Waals surface area (Å²) in [6.07, 6.45) is 0. The van der Waals surface area contributed by atoms with Crippen LogP contribution in [0.4, 0.5) is 11.4 Å². The lowest BCUT2D eigenvalue weighted by molar-refractivity contribution is -0.384. The molecule has 0 amide bonds. The quantitative estimate of drug-likeness (QED) is 0.614. The molecule has 21 heavy (non-hydrogen) atoms. The van der Waals surface area contributed by atoms with Crippen LogP contribution in [0.2, 0.25) is 5.02 Å². The van der Waals surface area contributed by atoms with Crippen LogP contribution >= 0.6 is 27.5 Å². The third-order valence-corrected chi connectivity index (χ3v) is 3.60. The maximum Gasteiger partial charge on any atom is 0.293 e. The molecule has 2 aromatic rings. The van der Waals surface area contributed by atoms with Crippen molar-refractivity contribution in [2.24, 2.45) is 0 Å². The van der Waals surface area contributed by atoms with Crippen LogP contribution in [-0.4, -0.2) is 12.0 Å².